The molecule has 134 valence electrons. The van der Waals surface area contributed by atoms with E-state index in [0.717, 1.165) is 12.0 Å². The summed E-state index contributed by atoms with van der Waals surface area (Å²) >= 11 is 0. The molecule has 0 unspecified atom stereocenters. The normalized spacial score (nSPS) is 11.2. The van der Waals surface area contributed by atoms with Gasteiger partial charge in [0.15, 0.2) is 5.82 Å². The van der Waals surface area contributed by atoms with Gasteiger partial charge in [-0.25, -0.2) is 0 Å². The van der Waals surface area contributed by atoms with Gasteiger partial charge in [-0.05, 0) is 51.8 Å². The lowest BCUT2D eigenvalue weighted by Gasteiger charge is -2.35. The molecule has 0 fully saturated rings. The summed E-state index contributed by atoms with van der Waals surface area (Å²) in [4.78, 5) is 26.8. The molecular formula is C19H25N3O3. The van der Waals surface area contributed by atoms with Crippen molar-refractivity contribution < 1.29 is 14.1 Å². The minimum Gasteiger partial charge on any atom is -0.360 e. The average molecular weight is 343 g/mol. The second-order valence-electron chi connectivity index (χ2n) is 6.98. The molecule has 2 rings (SSSR count). The van der Waals surface area contributed by atoms with Gasteiger partial charge < -0.3 is 14.7 Å². The van der Waals surface area contributed by atoms with Gasteiger partial charge >= 0.3 is 0 Å². The molecule has 0 bridgehead atoms. The Morgan fingerprint density at radius 3 is 2.32 bits per heavy atom. The number of amides is 2. The van der Waals surface area contributed by atoms with Gasteiger partial charge in [-0.1, -0.05) is 24.2 Å². The fourth-order valence-electron chi connectivity index (χ4n) is 2.40. The molecule has 25 heavy (non-hydrogen) atoms. The zero-order valence-corrected chi connectivity index (χ0v) is 15.4. The summed E-state index contributed by atoms with van der Waals surface area (Å²) in [5, 5.41) is 6.39. The molecule has 2 aromatic rings. The zero-order chi connectivity index (χ0) is 18.6. The monoisotopic (exact) mass is 343 g/mol. The summed E-state index contributed by atoms with van der Waals surface area (Å²) in [7, 11) is 0. The van der Waals surface area contributed by atoms with E-state index in [4.69, 9.17) is 4.52 Å². The van der Waals surface area contributed by atoms with Gasteiger partial charge in [0.25, 0.3) is 5.91 Å². The third-order valence-electron chi connectivity index (χ3n) is 3.86. The number of nitrogens with one attached hydrogen (secondary N) is 1. The molecule has 0 radical (unpaired) electrons. The summed E-state index contributed by atoms with van der Waals surface area (Å²) < 4.78 is 4.93. The highest BCUT2D eigenvalue weighted by Gasteiger charge is 2.29. The van der Waals surface area contributed by atoms with Gasteiger partial charge in [-0.3, -0.25) is 9.59 Å². The topological polar surface area (TPSA) is 75.4 Å². The standard InChI is InChI=1S/C19H25N3O3/c1-6-14-7-9-15(10-8-14)18(24)22(19(3,4)5)12-17(23)20-16-11-13(2)25-21-16/h7-11H,6,12H2,1-5H3,(H,20,21,23). The van der Waals surface area contributed by atoms with Crippen molar-refractivity contribution >= 4 is 17.6 Å². The van der Waals surface area contributed by atoms with Crippen LogP contribution in [0.4, 0.5) is 5.82 Å². The van der Waals surface area contributed by atoms with Crippen LogP contribution in [0.3, 0.4) is 0 Å². The molecule has 6 nitrogen and oxygen atoms in total. The Balaban J connectivity index is 2.14. The molecule has 2 amide bonds. The quantitative estimate of drug-likeness (QED) is 0.902. The average Bonchev–Trinajstić information content (AvgIpc) is 2.96. The van der Waals surface area contributed by atoms with Crippen molar-refractivity contribution in [3.8, 4) is 0 Å². The fraction of sp³-hybridized carbons (Fsp3) is 0.421. The minimum absolute atomic E-state index is 0.0657. The van der Waals surface area contributed by atoms with E-state index in [0.29, 0.717) is 17.1 Å². The predicted octanol–water partition coefficient (Wildman–Crippen LogP) is 3.42. The molecule has 1 aromatic carbocycles. The Kier molecular flexibility index (Phi) is 5.62. The number of benzene rings is 1. The van der Waals surface area contributed by atoms with Gasteiger partial charge in [0.05, 0.1) is 0 Å². The van der Waals surface area contributed by atoms with Crippen LogP contribution >= 0.6 is 0 Å². The zero-order valence-electron chi connectivity index (χ0n) is 15.4. The maximum absolute atomic E-state index is 12.9. The van der Waals surface area contributed by atoms with Crippen LogP contribution in [-0.4, -0.2) is 34.0 Å². The summed E-state index contributed by atoms with van der Waals surface area (Å²) in [6.07, 6.45) is 0.914. The molecule has 0 aliphatic rings. The largest absolute Gasteiger partial charge is 0.360 e. The van der Waals surface area contributed by atoms with Gasteiger partial charge in [-0.15, -0.1) is 0 Å². The molecule has 0 aliphatic carbocycles. The molecule has 0 aliphatic heterocycles. The van der Waals surface area contributed by atoms with E-state index < -0.39 is 5.54 Å². The molecule has 1 aromatic heterocycles. The van der Waals surface area contributed by atoms with Crippen LogP contribution in [0.2, 0.25) is 0 Å². The third-order valence-corrected chi connectivity index (χ3v) is 3.86. The van der Waals surface area contributed by atoms with Crippen LogP contribution in [0.1, 0.15) is 49.4 Å². The number of aromatic nitrogens is 1. The Morgan fingerprint density at radius 1 is 1.20 bits per heavy atom. The Bertz CT molecular complexity index is 742. The van der Waals surface area contributed by atoms with E-state index >= 15 is 0 Å². The molecule has 0 spiro atoms. The Labute approximate surface area is 148 Å². The number of hydrogen-bond acceptors (Lipinski definition) is 4. The van der Waals surface area contributed by atoms with Crippen molar-refractivity contribution in [1.82, 2.24) is 10.1 Å². The lowest BCUT2D eigenvalue weighted by atomic mass is 10.0. The molecule has 0 atom stereocenters. The third kappa shape index (κ3) is 4.92. The number of carbonyl (C=O) groups excluding carboxylic acids is 2. The van der Waals surface area contributed by atoms with Crippen molar-refractivity contribution in [2.75, 3.05) is 11.9 Å². The molecule has 1 heterocycles. The smallest absolute Gasteiger partial charge is 0.254 e. The summed E-state index contributed by atoms with van der Waals surface area (Å²) in [5.41, 5.74) is 1.23. The second kappa shape index (κ2) is 7.51. The van der Waals surface area contributed by atoms with Crippen molar-refractivity contribution in [3.63, 3.8) is 0 Å². The number of hydrogen-bond donors (Lipinski definition) is 1. The van der Waals surface area contributed by atoms with E-state index in [9.17, 15) is 9.59 Å². The van der Waals surface area contributed by atoms with Gasteiger partial charge in [0.2, 0.25) is 5.91 Å². The summed E-state index contributed by atoms with van der Waals surface area (Å²) in [6.45, 7) is 9.45. The maximum atomic E-state index is 12.9. The molecule has 0 saturated carbocycles. The number of aryl methyl sites for hydroxylation is 2. The van der Waals surface area contributed by atoms with E-state index in [1.54, 1.807) is 30.0 Å². The van der Waals surface area contributed by atoms with Gasteiger partial charge in [0, 0.05) is 17.2 Å². The number of rotatable bonds is 5. The van der Waals surface area contributed by atoms with E-state index in [2.05, 4.69) is 17.4 Å². The maximum Gasteiger partial charge on any atom is 0.254 e. The predicted molar refractivity (Wildman–Crippen MR) is 96.5 cm³/mol. The van der Waals surface area contributed by atoms with Crippen LogP contribution in [0.15, 0.2) is 34.9 Å². The molecule has 0 saturated heterocycles. The first kappa shape index (κ1) is 18.7. The number of carbonyl (C=O) groups is 2. The second-order valence-corrected chi connectivity index (χ2v) is 6.98. The highest BCUT2D eigenvalue weighted by atomic mass is 16.5. The fourth-order valence-corrected chi connectivity index (χ4v) is 2.40. The summed E-state index contributed by atoms with van der Waals surface area (Å²) in [6, 6.07) is 9.11. The van der Waals surface area contributed by atoms with E-state index in [-0.39, 0.29) is 18.4 Å². The van der Waals surface area contributed by atoms with Crippen LogP contribution in [0.25, 0.3) is 0 Å². The summed E-state index contributed by atoms with van der Waals surface area (Å²) in [5.74, 6) is 0.453. The van der Waals surface area contributed by atoms with Crippen molar-refractivity contribution in [2.24, 2.45) is 0 Å². The highest BCUT2D eigenvalue weighted by molar-refractivity contribution is 5.99. The van der Waals surface area contributed by atoms with Crippen molar-refractivity contribution in [3.05, 3.63) is 47.2 Å². The first-order valence-corrected chi connectivity index (χ1v) is 8.34. The van der Waals surface area contributed by atoms with Crippen LogP contribution in [0, 0.1) is 6.92 Å². The lowest BCUT2D eigenvalue weighted by molar-refractivity contribution is -0.117. The lowest BCUT2D eigenvalue weighted by Crippen LogP contribution is -2.49. The van der Waals surface area contributed by atoms with E-state index in [1.807, 2.05) is 32.9 Å². The molecular weight excluding hydrogens is 318 g/mol. The van der Waals surface area contributed by atoms with E-state index in [1.165, 1.54) is 0 Å². The first-order chi connectivity index (χ1) is 11.7. The van der Waals surface area contributed by atoms with Crippen molar-refractivity contribution in [2.45, 2.75) is 46.6 Å². The number of anilines is 1. The first-order valence-electron chi connectivity index (χ1n) is 8.34. The van der Waals surface area contributed by atoms with Gasteiger partial charge in [0.1, 0.15) is 12.3 Å². The molecule has 6 heteroatoms. The minimum atomic E-state index is -0.502. The van der Waals surface area contributed by atoms with Crippen molar-refractivity contribution in [1.29, 1.82) is 0 Å². The van der Waals surface area contributed by atoms with Crippen LogP contribution in [-0.2, 0) is 11.2 Å². The SMILES string of the molecule is CCc1ccc(C(=O)N(CC(=O)Nc2cc(C)on2)C(C)(C)C)cc1. The van der Waals surface area contributed by atoms with Gasteiger partial charge in [-0.2, -0.15) is 0 Å². The Hall–Kier alpha value is -2.63. The Morgan fingerprint density at radius 2 is 1.84 bits per heavy atom. The van der Waals surface area contributed by atoms with Crippen LogP contribution < -0.4 is 5.32 Å². The highest BCUT2D eigenvalue weighted by Crippen LogP contribution is 2.18. The number of nitrogens with zero attached hydrogens (tertiary/aromatic N) is 2. The molecule has 1 N–H and O–H groups in total. The van der Waals surface area contributed by atoms with Crippen LogP contribution in [0.5, 0.6) is 0 Å².